The van der Waals surface area contributed by atoms with Crippen LogP contribution in [0.1, 0.15) is 12.8 Å². The third kappa shape index (κ3) is 1.26. The molecule has 0 saturated heterocycles. The van der Waals surface area contributed by atoms with Gasteiger partial charge >= 0.3 is 5.97 Å². The maximum atomic E-state index is 10.7. The number of hydrogen-bond donors (Lipinski definition) is 0. The minimum absolute atomic E-state index is 0.199. The van der Waals surface area contributed by atoms with Crippen LogP contribution in [0, 0.1) is 0 Å². The van der Waals surface area contributed by atoms with Crippen LogP contribution in [0.4, 0.5) is 0 Å². The minimum Gasteiger partial charge on any atom is -0.862 e. The van der Waals surface area contributed by atoms with E-state index in [2.05, 4.69) is 9.73 Å². The van der Waals surface area contributed by atoms with Crippen molar-refractivity contribution in [2.24, 2.45) is 4.99 Å². The molecule has 56 valence electrons. The first-order chi connectivity index (χ1) is 4.74. The Labute approximate surface area is 58.5 Å². The molecule has 0 N–H and O–H groups in total. The van der Waals surface area contributed by atoms with Gasteiger partial charge in [-0.25, -0.2) is 4.79 Å². The van der Waals surface area contributed by atoms with Crippen molar-refractivity contribution in [1.82, 2.24) is 0 Å². The van der Waals surface area contributed by atoms with E-state index in [0.29, 0.717) is 12.8 Å². The normalized spacial score (nSPS) is 24.1. The predicted octanol–water partition coefficient (Wildman–Crippen LogP) is -0.919. The Morgan fingerprint density at radius 1 is 1.90 bits per heavy atom. The van der Waals surface area contributed by atoms with E-state index in [1.54, 1.807) is 0 Å². The van der Waals surface area contributed by atoms with E-state index in [0.717, 1.165) is 0 Å². The van der Waals surface area contributed by atoms with Crippen LogP contribution in [0.15, 0.2) is 4.99 Å². The summed E-state index contributed by atoms with van der Waals surface area (Å²) in [6.45, 7) is 0. The molecule has 1 aliphatic rings. The van der Waals surface area contributed by atoms with Crippen molar-refractivity contribution in [3.63, 3.8) is 0 Å². The number of hydrogen-bond acceptors (Lipinski definition) is 4. The zero-order valence-electron chi connectivity index (χ0n) is 5.66. The van der Waals surface area contributed by atoms with Gasteiger partial charge in [0.15, 0.2) is 0 Å². The zero-order chi connectivity index (χ0) is 7.56. The summed E-state index contributed by atoms with van der Waals surface area (Å²) < 4.78 is 4.40. The van der Waals surface area contributed by atoms with Gasteiger partial charge in [0.25, 0.3) is 0 Å². The first-order valence-corrected chi connectivity index (χ1v) is 3.05. The molecule has 0 fully saturated rings. The molecule has 0 saturated carbocycles. The molecular formula is C6H8NO3-. The summed E-state index contributed by atoms with van der Waals surface area (Å²) in [5.41, 5.74) is 0. The lowest BCUT2D eigenvalue weighted by Crippen LogP contribution is -2.17. The Balaban J connectivity index is 2.52. The van der Waals surface area contributed by atoms with Crippen LogP contribution in [-0.2, 0) is 9.53 Å². The van der Waals surface area contributed by atoms with Crippen LogP contribution in [0.25, 0.3) is 0 Å². The summed E-state index contributed by atoms with van der Waals surface area (Å²) in [4.78, 5) is 14.2. The minimum atomic E-state index is -0.530. The molecule has 0 amide bonds. The molecule has 0 aromatic carbocycles. The highest BCUT2D eigenvalue weighted by Gasteiger charge is 2.20. The lowest BCUT2D eigenvalue weighted by Gasteiger charge is -2.02. The Bertz CT molecular complexity index is 176. The summed E-state index contributed by atoms with van der Waals surface area (Å²) in [5, 5.41) is 10.5. The number of carbonyl (C=O) groups excluding carboxylic acids is 1. The van der Waals surface area contributed by atoms with Gasteiger partial charge in [0, 0.05) is 0 Å². The topological polar surface area (TPSA) is 61.7 Å². The third-order valence-corrected chi connectivity index (χ3v) is 1.40. The maximum absolute atomic E-state index is 10.7. The van der Waals surface area contributed by atoms with Gasteiger partial charge in [-0.05, 0) is 18.7 Å². The average molecular weight is 142 g/mol. The van der Waals surface area contributed by atoms with Crippen LogP contribution in [0.5, 0.6) is 0 Å². The van der Waals surface area contributed by atoms with Crippen molar-refractivity contribution < 1.29 is 14.6 Å². The molecule has 4 nitrogen and oxygen atoms in total. The first-order valence-electron chi connectivity index (χ1n) is 3.05. The standard InChI is InChI=1S/C6H9NO3/c1-10-6(9)4-2-3-5(8)7-4/h4H,2-3H2,1H3,(H,7,8)/p-1. The van der Waals surface area contributed by atoms with Crippen LogP contribution < -0.4 is 5.11 Å². The smallest absolute Gasteiger partial charge is 0.330 e. The van der Waals surface area contributed by atoms with E-state index < -0.39 is 12.0 Å². The van der Waals surface area contributed by atoms with Crippen LogP contribution in [0.2, 0.25) is 0 Å². The highest BCUT2D eigenvalue weighted by Crippen LogP contribution is 2.11. The van der Waals surface area contributed by atoms with Crippen molar-refractivity contribution in [3.8, 4) is 0 Å². The molecule has 1 heterocycles. The molecule has 0 aromatic rings. The fourth-order valence-corrected chi connectivity index (χ4v) is 0.870. The molecule has 0 aliphatic carbocycles. The summed E-state index contributed by atoms with van der Waals surface area (Å²) in [7, 11) is 1.29. The SMILES string of the molecule is COC(=O)C1CCC([O-])=N1. The van der Waals surface area contributed by atoms with E-state index in [9.17, 15) is 9.90 Å². The van der Waals surface area contributed by atoms with Crippen molar-refractivity contribution in [1.29, 1.82) is 0 Å². The molecule has 10 heavy (non-hydrogen) atoms. The Hall–Kier alpha value is -1.06. The number of aliphatic imine (C=N–C) groups is 1. The largest absolute Gasteiger partial charge is 0.862 e. The van der Waals surface area contributed by atoms with Gasteiger partial charge in [0.2, 0.25) is 0 Å². The Morgan fingerprint density at radius 3 is 3.00 bits per heavy atom. The van der Waals surface area contributed by atoms with Gasteiger partial charge in [-0.3, -0.25) is 4.99 Å². The Kier molecular flexibility index (Phi) is 1.89. The Morgan fingerprint density at radius 2 is 2.60 bits per heavy atom. The number of nitrogens with zero attached hydrogens (tertiary/aromatic N) is 1. The van der Waals surface area contributed by atoms with E-state index in [-0.39, 0.29) is 5.90 Å². The van der Waals surface area contributed by atoms with Gasteiger partial charge < -0.3 is 9.84 Å². The second kappa shape index (κ2) is 2.68. The predicted molar refractivity (Wildman–Crippen MR) is 32.5 cm³/mol. The number of esters is 1. The molecule has 4 heteroatoms. The second-order valence-corrected chi connectivity index (χ2v) is 2.10. The van der Waals surface area contributed by atoms with Gasteiger partial charge in [-0.1, -0.05) is 0 Å². The molecule has 1 rings (SSSR count). The lowest BCUT2D eigenvalue weighted by atomic mass is 10.2. The molecule has 0 aromatic heterocycles. The van der Waals surface area contributed by atoms with Gasteiger partial charge in [-0.2, -0.15) is 0 Å². The number of ether oxygens (including phenoxy) is 1. The van der Waals surface area contributed by atoms with Crippen LogP contribution in [-0.4, -0.2) is 25.0 Å². The fraction of sp³-hybridized carbons (Fsp3) is 0.667. The van der Waals surface area contributed by atoms with Crippen LogP contribution >= 0.6 is 0 Å². The van der Waals surface area contributed by atoms with E-state index in [1.807, 2.05) is 0 Å². The molecule has 1 atom stereocenters. The van der Waals surface area contributed by atoms with Crippen molar-refractivity contribution in [2.45, 2.75) is 18.9 Å². The molecular weight excluding hydrogens is 134 g/mol. The maximum Gasteiger partial charge on any atom is 0.330 e. The highest BCUT2D eigenvalue weighted by atomic mass is 16.5. The highest BCUT2D eigenvalue weighted by molar-refractivity contribution is 5.84. The molecule has 1 aliphatic heterocycles. The summed E-state index contributed by atoms with van der Waals surface area (Å²) in [6, 6.07) is -0.530. The van der Waals surface area contributed by atoms with Gasteiger partial charge in [0.05, 0.1) is 7.11 Å². The number of methoxy groups -OCH3 is 1. The van der Waals surface area contributed by atoms with Gasteiger partial charge in [-0.15, -0.1) is 0 Å². The molecule has 0 spiro atoms. The van der Waals surface area contributed by atoms with Crippen molar-refractivity contribution in [3.05, 3.63) is 0 Å². The number of rotatable bonds is 1. The third-order valence-electron chi connectivity index (χ3n) is 1.40. The van der Waals surface area contributed by atoms with E-state index >= 15 is 0 Å². The van der Waals surface area contributed by atoms with E-state index in [1.165, 1.54) is 7.11 Å². The average Bonchev–Trinajstić information content (AvgIpc) is 2.34. The van der Waals surface area contributed by atoms with Crippen molar-refractivity contribution in [2.75, 3.05) is 7.11 Å². The second-order valence-electron chi connectivity index (χ2n) is 2.10. The quantitative estimate of drug-likeness (QED) is 0.445. The fourth-order valence-electron chi connectivity index (χ4n) is 0.870. The molecule has 0 bridgehead atoms. The molecule has 0 radical (unpaired) electrons. The molecule has 1 unspecified atom stereocenters. The van der Waals surface area contributed by atoms with Crippen molar-refractivity contribution >= 4 is 11.9 Å². The van der Waals surface area contributed by atoms with Crippen LogP contribution in [0.3, 0.4) is 0 Å². The lowest BCUT2D eigenvalue weighted by molar-refractivity contribution is -0.217. The van der Waals surface area contributed by atoms with Gasteiger partial charge in [0.1, 0.15) is 6.04 Å². The summed E-state index contributed by atoms with van der Waals surface area (Å²) in [5.74, 6) is -0.610. The monoisotopic (exact) mass is 142 g/mol. The summed E-state index contributed by atoms with van der Waals surface area (Å²) in [6.07, 6.45) is 0.880. The number of carbonyl (C=O) groups is 1. The summed E-state index contributed by atoms with van der Waals surface area (Å²) >= 11 is 0. The first kappa shape index (κ1) is 7.05. The zero-order valence-corrected chi connectivity index (χ0v) is 5.66. The van der Waals surface area contributed by atoms with E-state index in [4.69, 9.17) is 0 Å².